The minimum atomic E-state index is -0.473. The molecule has 0 fully saturated rings. The predicted molar refractivity (Wildman–Crippen MR) is 104 cm³/mol. The number of fused-ring (bicyclic) bond motifs is 1. The molecule has 1 aromatic carbocycles. The minimum Gasteiger partial charge on any atom is -0.325 e. The monoisotopic (exact) mass is 369 g/mol. The normalized spacial score (nSPS) is 11.1. The van der Waals surface area contributed by atoms with Gasteiger partial charge >= 0.3 is 5.69 Å². The van der Waals surface area contributed by atoms with Crippen molar-refractivity contribution in [2.24, 2.45) is 14.1 Å². The molecule has 3 rings (SSSR count). The van der Waals surface area contributed by atoms with Crippen LogP contribution in [0.3, 0.4) is 0 Å². The van der Waals surface area contributed by atoms with Crippen molar-refractivity contribution in [3.8, 4) is 0 Å². The number of rotatable bonds is 6. The highest BCUT2D eigenvalue weighted by atomic mass is 16.2. The predicted octanol–water partition coefficient (Wildman–Crippen LogP) is 1.41. The smallest absolute Gasteiger partial charge is 0.325 e. The Balaban J connectivity index is 1.79. The Hall–Kier alpha value is -3.16. The van der Waals surface area contributed by atoms with E-state index in [1.165, 1.54) is 28.1 Å². The zero-order valence-electron chi connectivity index (χ0n) is 15.7. The van der Waals surface area contributed by atoms with Crippen molar-refractivity contribution < 1.29 is 4.79 Å². The van der Waals surface area contributed by atoms with Gasteiger partial charge in [-0.2, -0.15) is 0 Å². The van der Waals surface area contributed by atoms with Crippen LogP contribution < -0.4 is 16.6 Å². The first kappa shape index (κ1) is 18.6. The lowest BCUT2D eigenvalue weighted by molar-refractivity contribution is -0.116. The second-order valence-corrected chi connectivity index (χ2v) is 6.60. The Bertz CT molecular complexity index is 1090. The van der Waals surface area contributed by atoms with Crippen LogP contribution in [-0.2, 0) is 31.9 Å². The Morgan fingerprint density at radius 1 is 1.11 bits per heavy atom. The van der Waals surface area contributed by atoms with E-state index in [1.807, 2.05) is 24.3 Å². The Labute approximate surface area is 156 Å². The molecule has 0 saturated carbocycles. The van der Waals surface area contributed by atoms with Crippen LogP contribution in [0.1, 0.15) is 25.3 Å². The lowest BCUT2D eigenvalue weighted by Gasteiger charge is -2.08. The molecule has 0 atom stereocenters. The van der Waals surface area contributed by atoms with Crippen molar-refractivity contribution in [2.75, 3.05) is 5.32 Å². The molecule has 0 aliphatic rings. The van der Waals surface area contributed by atoms with Crippen LogP contribution in [0.25, 0.3) is 11.2 Å². The number of unbranched alkanes of at least 4 members (excludes halogenated alkanes) is 1. The summed E-state index contributed by atoms with van der Waals surface area (Å²) in [6.07, 6.45) is 4.70. The SMILES string of the molecule is CCCCc1ccc(NC(=O)Cn2cnc3c2c(=O)n(C)c(=O)n3C)cc1. The number of aryl methyl sites for hydroxylation is 2. The Morgan fingerprint density at radius 2 is 1.81 bits per heavy atom. The topological polar surface area (TPSA) is 90.9 Å². The van der Waals surface area contributed by atoms with Crippen LogP contribution in [0, 0.1) is 0 Å². The Morgan fingerprint density at radius 3 is 2.48 bits per heavy atom. The third-order valence-electron chi connectivity index (χ3n) is 4.59. The number of benzene rings is 1. The molecule has 0 aliphatic heterocycles. The van der Waals surface area contributed by atoms with Crippen LogP contribution in [0.5, 0.6) is 0 Å². The maximum absolute atomic E-state index is 12.4. The highest BCUT2D eigenvalue weighted by Crippen LogP contribution is 2.12. The molecular weight excluding hydrogens is 346 g/mol. The maximum atomic E-state index is 12.4. The summed E-state index contributed by atoms with van der Waals surface area (Å²) in [5.74, 6) is -0.272. The average molecular weight is 369 g/mol. The fraction of sp³-hybridized carbons (Fsp3) is 0.368. The zero-order chi connectivity index (χ0) is 19.6. The summed E-state index contributed by atoms with van der Waals surface area (Å²) in [6, 6.07) is 7.75. The standard InChI is InChI=1S/C19H23N5O3/c1-4-5-6-13-7-9-14(10-8-13)21-15(25)11-24-12-20-17-16(24)18(26)23(3)19(27)22(17)2/h7-10,12H,4-6,11H2,1-3H3,(H,21,25). The summed E-state index contributed by atoms with van der Waals surface area (Å²) in [5, 5.41) is 2.82. The van der Waals surface area contributed by atoms with Crippen molar-refractivity contribution in [3.05, 3.63) is 57.0 Å². The van der Waals surface area contributed by atoms with Gasteiger partial charge in [0.2, 0.25) is 5.91 Å². The van der Waals surface area contributed by atoms with Gasteiger partial charge in [0, 0.05) is 19.8 Å². The molecule has 1 N–H and O–H groups in total. The second kappa shape index (κ2) is 7.61. The zero-order valence-corrected chi connectivity index (χ0v) is 15.7. The quantitative estimate of drug-likeness (QED) is 0.711. The third-order valence-corrected chi connectivity index (χ3v) is 4.59. The molecule has 8 nitrogen and oxygen atoms in total. The van der Waals surface area contributed by atoms with Crippen LogP contribution in [0.15, 0.2) is 40.2 Å². The van der Waals surface area contributed by atoms with Crippen LogP contribution in [-0.4, -0.2) is 24.6 Å². The maximum Gasteiger partial charge on any atom is 0.332 e. The Kier molecular flexibility index (Phi) is 5.25. The number of nitrogens with zero attached hydrogens (tertiary/aromatic N) is 4. The molecule has 0 aliphatic carbocycles. The highest BCUT2D eigenvalue weighted by molar-refractivity contribution is 5.91. The highest BCUT2D eigenvalue weighted by Gasteiger charge is 2.16. The van der Waals surface area contributed by atoms with Crippen LogP contribution >= 0.6 is 0 Å². The first-order valence-corrected chi connectivity index (χ1v) is 8.92. The molecule has 1 amide bonds. The lowest BCUT2D eigenvalue weighted by Crippen LogP contribution is -2.37. The number of anilines is 1. The molecule has 2 heterocycles. The van der Waals surface area contributed by atoms with Gasteiger partial charge in [-0.1, -0.05) is 25.5 Å². The summed E-state index contributed by atoms with van der Waals surface area (Å²) in [5.41, 5.74) is 1.50. The molecular formula is C19H23N5O3. The number of nitrogens with one attached hydrogen (secondary N) is 1. The number of carbonyl (C=O) groups is 1. The van der Waals surface area contributed by atoms with Gasteiger partial charge in [0.15, 0.2) is 11.2 Å². The van der Waals surface area contributed by atoms with Gasteiger partial charge in [-0.05, 0) is 30.5 Å². The van der Waals surface area contributed by atoms with Crippen molar-refractivity contribution in [2.45, 2.75) is 32.7 Å². The van der Waals surface area contributed by atoms with E-state index in [2.05, 4.69) is 17.2 Å². The fourth-order valence-electron chi connectivity index (χ4n) is 3.01. The van der Waals surface area contributed by atoms with E-state index in [4.69, 9.17) is 0 Å². The molecule has 3 aromatic rings. The van der Waals surface area contributed by atoms with Gasteiger partial charge in [0.25, 0.3) is 5.56 Å². The lowest BCUT2D eigenvalue weighted by atomic mass is 10.1. The number of amides is 1. The van der Waals surface area contributed by atoms with Gasteiger partial charge < -0.3 is 9.88 Å². The van der Waals surface area contributed by atoms with E-state index in [0.717, 1.165) is 23.8 Å². The van der Waals surface area contributed by atoms with Crippen molar-refractivity contribution in [1.82, 2.24) is 18.7 Å². The van der Waals surface area contributed by atoms with Crippen LogP contribution in [0.2, 0.25) is 0 Å². The van der Waals surface area contributed by atoms with Gasteiger partial charge in [-0.15, -0.1) is 0 Å². The van der Waals surface area contributed by atoms with Gasteiger partial charge in [-0.25, -0.2) is 9.78 Å². The summed E-state index contributed by atoms with van der Waals surface area (Å²) in [4.78, 5) is 40.9. The van der Waals surface area contributed by atoms with E-state index >= 15 is 0 Å². The van der Waals surface area contributed by atoms with E-state index in [9.17, 15) is 14.4 Å². The summed E-state index contributed by atoms with van der Waals surface area (Å²) in [7, 11) is 2.95. The van der Waals surface area contributed by atoms with E-state index < -0.39 is 11.2 Å². The van der Waals surface area contributed by atoms with E-state index in [0.29, 0.717) is 5.69 Å². The van der Waals surface area contributed by atoms with Gasteiger partial charge in [0.1, 0.15) is 6.54 Å². The number of aromatic nitrogens is 4. The average Bonchev–Trinajstić information content (AvgIpc) is 3.07. The molecule has 0 unspecified atom stereocenters. The van der Waals surface area contributed by atoms with E-state index in [1.54, 1.807) is 7.05 Å². The first-order chi connectivity index (χ1) is 12.9. The van der Waals surface area contributed by atoms with Crippen molar-refractivity contribution >= 4 is 22.8 Å². The molecule has 8 heteroatoms. The first-order valence-electron chi connectivity index (χ1n) is 8.92. The summed E-state index contributed by atoms with van der Waals surface area (Å²) in [6.45, 7) is 2.08. The van der Waals surface area contributed by atoms with Gasteiger partial charge in [0.05, 0.1) is 6.33 Å². The fourth-order valence-corrected chi connectivity index (χ4v) is 3.01. The number of imidazole rings is 1. The van der Waals surface area contributed by atoms with Crippen molar-refractivity contribution in [1.29, 1.82) is 0 Å². The summed E-state index contributed by atoms with van der Waals surface area (Å²) >= 11 is 0. The van der Waals surface area contributed by atoms with Gasteiger partial charge in [-0.3, -0.25) is 18.7 Å². The number of hydrogen-bond donors (Lipinski definition) is 1. The number of hydrogen-bond acceptors (Lipinski definition) is 4. The third kappa shape index (κ3) is 3.69. The van der Waals surface area contributed by atoms with Crippen LogP contribution in [0.4, 0.5) is 5.69 Å². The minimum absolute atomic E-state index is 0.0679. The second-order valence-electron chi connectivity index (χ2n) is 6.60. The van der Waals surface area contributed by atoms with E-state index in [-0.39, 0.29) is 23.6 Å². The largest absolute Gasteiger partial charge is 0.332 e. The molecule has 2 aromatic heterocycles. The molecule has 0 bridgehead atoms. The molecule has 0 spiro atoms. The molecule has 27 heavy (non-hydrogen) atoms. The molecule has 0 radical (unpaired) electrons. The molecule has 0 saturated heterocycles. The summed E-state index contributed by atoms with van der Waals surface area (Å²) < 4.78 is 3.76. The molecule has 142 valence electrons. The van der Waals surface area contributed by atoms with Crippen molar-refractivity contribution in [3.63, 3.8) is 0 Å². The number of carbonyl (C=O) groups excluding carboxylic acids is 1.